The van der Waals surface area contributed by atoms with Crippen molar-refractivity contribution in [3.63, 3.8) is 0 Å². The van der Waals surface area contributed by atoms with E-state index in [0.29, 0.717) is 28.8 Å². The summed E-state index contributed by atoms with van der Waals surface area (Å²) in [6.45, 7) is 11.5. The Morgan fingerprint density at radius 2 is 1.83 bits per heavy atom. The Kier molecular flexibility index (Phi) is 7.39. The zero-order valence-corrected chi connectivity index (χ0v) is 20.0. The van der Waals surface area contributed by atoms with Crippen molar-refractivity contribution in [1.82, 2.24) is 19.9 Å². The number of rotatable bonds is 8. The highest BCUT2D eigenvalue weighted by molar-refractivity contribution is 5.90. The number of ether oxygens (including phenoxy) is 1. The third kappa shape index (κ3) is 5.02. The van der Waals surface area contributed by atoms with Gasteiger partial charge in [0.1, 0.15) is 23.6 Å². The van der Waals surface area contributed by atoms with E-state index in [1.54, 1.807) is 7.11 Å². The molecular formula is C25H29F3N6O. The van der Waals surface area contributed by atoms with Crippen molar-refractivity contribution in [2.75, 3.05) is 43.5 Å². The topological polar surface area (TPSA) is 66.4 Å². The third-order valence-corrected chi connectivity index (χ3v) is 6.31. The minimum absolute atomic E-state index is 0.0519. The molecule has 10 heteroatoms. The van der Waals surface area contributed by atoms with Crippen molar-refractivity contribution in [3.8, 4) is 5.88 Å². The Labute approximate surface area is 202 Å². The first-order valence-corrected chi connectivity index (χ1v) is 11.5. The fraction of sp³-hybridized carbons (Fsp3) is 0.400. The average Bonchev–Trinajstić information content (AvgIpc) is 2.86. The van der Waals surface area contributed by atoms with Crippen LogP contribution in [-0.2, 0) is 0 Å². The summed E-state index contributed by atoms with van der Waals surface area (Å²) in [7, 11) is 1.56. The fourth-order valence-electron chi connectivity index (χ4n) is 4.32. The van der Waals surface area contributed by atoms with Crippen LogP contribution in [0.3, 0.4) is 0 Å². The maximum Gasteiger partial charge on any atom is 0.266 e. The smallest absolute Gasteiger partial charge is 0.266 e. The molecule has 0 saturated carbocycles. The summed E-state index contributed by atoms with van der Waals surface area (Å²) in [4.78, 5) is 17.8. The van der Waals surface area contributed by atoms with Gasteiger partial charge in [-0.05, 0) is 19.9 Å². The largest absolute Gasteiger partial charge is 0.479 e. The molecule has 1 atom stereocenters. The minimum Gasteiger partial charge on any atom is -0.479 e. The van der Waals surface area contributed by atoms with Gasteiger partial charge in [0.05, 0.1) is 24.1 Å². The summed E-state index contributed by atoms with van der Waals surface area (Å²) in [6, 6.07) is 5.50. The number of alkyl halides is 2. The molecule has 1 aliphatic rings. The van der Waals surface area contributed by atoms with E-state index in [4.69, 9.17) is 4.74 Å². The molecule has 3 aromatic rings. The number of aromatic nitrogens is 3. The number of hydrogen-bond donors (Lipinski definition) is 1. The van der Waals surface area contributed by atoms with Crippen molar-refractivity contribution in [2.45, 2.75) is 32.4 Å². The van der Waals surface area contributed by atoms with Gasteiger partial charge in [0.25, 0.3) is 6.43 Å². The number of piperazine rings is 1. The predicted molar refractivity (Wildman–Crippen MR) is 131 cm³/mol. The highest BCUT2D eigenvalue weighted by Gasteiger charge is 2.25. The Hall–Kier alpha value is -3.40. The number of nitrogens with zero attached hydrogens (tertiary/aromatic N) is 5. The van der Waals surface area contributed by atoms with Gasteiger partial charge >= 0.3 is 0 Å². The van der Waals surface area contributed by atoms with Gasteiger partial charge in [0.15, 0.2) is 5.65 Å². The molecular weight excluding hydrogens is 457 g/mol. The zero-order chi connectivity index (χ0) is 25.1. The number of benzene rings is 1. The lowest BCUT2D eigenvalue weighted by Crippen LogP contribution is -2.49. The van der Waals surface area contributed by atoms with E-state index in [1.807, 2.05) is 6.07 Å². The molecule has 0 radical (unpaired) electrons. The normalized spacial score (nSPS) is 15.6. The summed E-state index contributed by atoms with van der Waals surface area (Å²) in [5, 5.41) is 3.73. The molecule has 35 heavy (non-hydrogen) atoms. The van der Waals surface area contributed by atoms with E-state index in [9.17, 15) is 13.2 Å². The lowest BCUT2D eigenvalue weighted by molar-refractivity contribution is 0.146. The zero-order valence-electron chi connectivity index (χ0n) is 20.0. The van der Waals surface area contributed by atoms with E-state index in [0.717, 1.165) is 37.9 Å². The summed E-state index contributed by atoms with van der Waals surface area (Å²) < 4.78 is 46.9. The monoisotopic (exact) mass is 486 g/mol. The molecule has 2 aromatic heterocycles. The van der Waals surface area contributed by atoms with Crippen LogP contribution in [0.5, 0.6) is 5.88 Å². The van der Waals surface area contributed by atoms with E-state index in [-0.39, 0.29) is 5.56 Å². The molecule has 0 bridgehead atoms. The van der Waals surface area contributed by atoms with Gasteiger partial charge < -0.3 is 15.0 Å². The van der Waals surface area contributed by atoms with Gasteiger partial charge in [-0.1, -0.05) is 24.3 Å². The molecule has 0 unspecified atom stereocenters. The van der Waals surface area contributed by atoms with Gasteiger partial charge in [-0.2, -0.15) is 4.98 Å². The van der Waals surface area contributed by atoms with Crippen LogP contribution in [0.2, 0.25) is 0 Å². The Bertz CT molecular complexity index is 1200. The summed E-state index contributed by atoms with van der Waals surface area (Å²) in [5.74, 6) is -0.128. The quantitative estimate of drug-likeness (QED) is 0.451. The summed E-state index contributed by atoms with van der Waals surface area (Å²) >= 11 is 0. The predicted octanol–water partition coefficient (Wildman–Crippen LogP) is 4.98. The lowest BCUT2D eigenvalue weighted by atomic mass is 10.0. The Morgan fingerprint density at radius 3 is 2.46 bits per heavy atom. The highest BCUT2D eigenvalue weighted by atomic mass is 19.3. The summed E-state index contributed by atoms with van der Waals surface area (Å²) in [6.07, 6.45) is -0.134. The molecule has 1 saturated heterocycles. The van der Waals surface area contributed by atoms with Crippen molar-refractivity contribution < 1.29 is 17.9 Å². The molecule has 1 N–H and O–H groups in total. The van der Waals surface area contributed by atoms with E-state index < -0.39 is 23.8 Å². The standard InChI is InChI=1S/C25H29F3N6O/c1-5-19(16-7-6-8-17(21(16)26)22(27)28)31-23-18-13-20(25(35-4)32-24(18)30-14-29-23)34-11-9-33(10-12-34)15(2)3/h5-8,13-15,19,22H,1,9-12H2,2-4H3,(H,29,30,31,32)/t19-/m1/s1. The van der Waals surface area contributed by atoms with Gasteiger partial charge in [0.2, 0.25) is 5.88 Å². The van der Waals surface area contributed by atoms with E-state index >= 15 is 0 Å². The molecule has 1 aliphatic heterocycles. The molecule has 0 amide bonds. The number of anilines is 2. The van der Waals surface area contributed by atoms with Crippen LogP contribution < -0.4 is 15.0 Å². The van der Waals surface area contributed by atoms with E-state index in [1.165, 1.54) is 24.5 Å². The van der Waals surface area contributed by atoms with Crippen molar-refractivity contribution >= 4 is 22.5 Å². The highest BCUT2D eigenvalue weighted by Crippen LogP contribution is 2.35. The second-order valence-electron chi connectivity index (χ2n) is 8.64. The molecule has 1 aromatic carbocycles. The first kappa shape index (κ1) is 24.7. The maximum atomic E-state index is 14.8. The first-order valence-electron chi connectivity index (χ1n) is 11.5. The molecule has 3 heterocycles. The first-order chi connectivity index (χ1) is 16.8. The fourth-order valence-corrected chi connectivity index (χ4v) is 4.32. The van der Waals surface area contributed by atoms with Crippen LogP contribution in [0.4, 0.5) is 24.7 Å². The van der Waals surface area contributed by atoms with Crippen molar-refractivity contribution in [3.05, 3.63) is 60.2 Å². The van der Waals surface area contributed by atoms with Crippen LogP contribution in [0.15, 0.2) is 43.2 Å². The summed E-state index contributed by atoms with van der Waals surface area (Å²) in [5.41, 5.74) is 0.602. The molecule has 4 rings (SSSR count). The van der Waals surface area contributed by atoms with Crippen molar-refractivity contribution in [2.24, 2.45) is 0 Å². The number of nitrogens with one attached hydrogen (secondary N) is 1. The van der Waals surface area contributed by atoms with Crippen LogP contribution >= 0.6 is 0 Å². The number of hydrogen-bond acceptors (Lipinski definition) is 7. The molecule has 0 spiro atoms. The minimum atomic E-state index is -2.92. The molecule has 1 fully saturated rings. The van der Waals surface area contributed by atoms with Crippen molar-refractivity contribution in [1.29, 1.82) is 0 Å². The second kappa shape index (κ2) is 10.5. The third-order valence-electron chi connectivity index (χ3n) is 6.31. The lowest BCUT2D eigenvalue weighted by Gasteiger charge is -2.38. The maximum absolute atomic E-state index is 14.8. The van der Waals surface area contributed by atoms with E-state index in [2.05, 4.69) is 50.5 Å². The van der Waals surface area contributed by atoms with Gasteiger partial charge in [-0.15, -0.1) is 6.58 Å². The van der Waals surface area contributed by atoms with Gasteiger partial charge in [-0.3, -0.25) is 4.90 Å². The average molecular weight is 487 g/mol. The van der Waals surface area contributed by atoms with Crippen LogP contribution in [0.25, 0.3) is 11.0 Å². The number of pyridine rings is 1. The molecule has 0 aliphatic carbocycles. The number of halogens is 3. The van der Waals surface area contributed by atoms with Gasteiger partial charge in [-0.25, -0.2) is 23.1 Å². The van der Waals surface area contributed by atoms with Crippen LogP contribution in [0.1, 0.15) is 37.4 Å². The van der Waals surface area contributed by atoms with Crippen LogP contribution in [0, 0.1) is 5.82 Å². The molecule has 7 nitrogen and oxygen atoms in total. The number of fused-ring (bicyclic) bond motifs is 1. The van der Waals surface area contributed by atoms with Gasteiger partial charge in [0, 0.05) is 37.8 Å². The number of methoxy groups -OCH3 is 1. The second-order valence-corrected chi connectivity index (χ2v) is 8.64. The molecule has 186 valence electrons. The Morgan fingerprint density at radius 1 is 1.11 bits per heavy atom. The van der Waals surface area contributed by atoms with Crippen LogP contribution in [-0.4, -0.2) is 59.2 Å². The Balaban J connectivity index is 1.70. The SMILES string of the molecule is C=C[C@@H](Nc1ncnc2nc(OC)c(N3CCN(C(C)C)CC3)cc12)c1cccc(C(F)F)c1F.